The maximum Gasteiger partial charge on any atom is 0.167 e. The van der Waals surface area contributed by atoms with Crippen molar-refractivity contribution in [1.82, 2.24) is 0 Å². The van der Waals surface area contributed by atoms with Gasteiger partial charge in [-0.25, -0.2) is 4.39 Å². The van der Waals surface area contributed by atoms with E-state index in [1.165, 1.54) is 12.1 Å². The van der Waals surface area contributed by atoms with Crippen LogP contribution in [0.4, 0.5) is 10.1 Å². The van der Waals surface area contributed by atoms with Crippen LogP contribution in [-0.2, 0) is 6.42 Å². The Hall–Kier alpha value is -1.68. The van der Waals surface area contributed by atoms with Gasteiger partial charge in [0.1, 0.15) is 5.82 Å². The van der Waals surface area contributed by atoms with Crippen LogP contribution in [0.1, 0.15) is 15.9 Å². The molecule has 0 atom stereocenters. The summed E-state index contributed by atoms with van der Waals surface area (Å²) in [6.45, 7) is 0. The maximum atomic E-state index is 13.1. The van der Waals surface area contributed by atoms with Gasteiger partial charge in [0, 0.05) is 22.1 Å². The third kappa shape index (κ3) is 2.96. The number of ketones is 1. The molecule has 0 aromatic heterocycles. The number of halogens is 2. The summed E-state index contributed by atoms with van der Waals surface area (Å²) < 4.78 is 13.8. The monoisotopic (exact) mass is 307 g/mol. The first-order valence-corrected chi connectivity index (χ1v) is 6.18. The van der Waals surface area contributed by atoms with Gasteiger partial charge >= 0.3 is 0 Å². The van der Waals surface area contributed by atoms with E-state index in [4.69, 9.17) is 5.73 Å². The molecule has 2 aromatic carbocycles. The lowest BCUT2D eigenvalue weighted by atomic mass is 10.0. The van der Waals surface area contributed by atoms with Crippen LogP contribution < -0.4 is 5.73 Å². The lowest BCUT2D eigenvalue weighted by Gasteiger charge is -2.05. The van der Waals surface area contributed by atoms with E-state index in [1.807, 2.05) is 0 Å². The van der Waals surface area contributed by atoms with Gasteiger partial charge in [-0.15, -0.1) is 0 Å². The zero-order valence-corrected chi connectivity index (χ0v) is 11.1. The van der Waals surface area contributed by atoms with E-state index in [2.05, 4.69) is 15.9 Å². The lowest BCUT2D eigenvalue weighted by molar-refractivity contribution is 0.0993. The zero-order valence-electron chi connectivity index (χ0n) is 9.49. The molecule has 0 bridgehead atoms. The van der Waals surface area contributed by atoms with Crippen molar-refractivity contribution in [3.05, 3.63) is 63.9 Å². The summed E-state index contributed by atoms with van der Waals surface area (Å²) >= 11 is 3.30. The average Bonchev–Trinajstić information content (AvgIpc) is 2.34. The Kier molecular flexibility index (Phi) is 3.77. The maximum absolute atomic E-state index is 13.1. The minimum Gasteiger partial charge on any atom is -0.399 e. The fourth-order valence-electron chi connectivity index (χ4n) is 1.62. The van der Waals surface area contributed by atoms with Crippen molar-refractivity contribution in [3.63, 3.8) is 0 Å². The first kappa shape index (κ1) is 12.8. The van der Waals surface area contributed by atoms with E-state index in [0.29, 0.717) is 16.8 Å². The van der Waals surface area contributed by atoms with Gasteiger partial charge < -0.3 is 5.73 Å². The van der Waals surface area contributed by atoms with Crippen molar-refractivity contribution in [2.24, 2.45) is 0 Å². The predicted octanol–water partition coefficient (Wildman–Crippen LogP) is 3.60. The molecule has 18 heavy (non-hydrogen) atoms. The number of nitrogen functional groups attached to an aromatic ring is 1. The molecule has 0 aliphatic heterocycles. The second-order valence-electron chi connectivity index (χ2n) is 3.96. The van der Waals surface area contributed by atoms with E-state index >= 15 is 0 Å². The molecule has 4 heteroatoms. The van der Waals surface area contributed by atoms with Crippen LogP contribution in [0.25, 0.3) is 0 Å². The molecule has 2 nitrogen and oxygen atoms in total. The minimum atomic E-state index is -0.349. The summed E-state index contributed by atoms with van der Waals surface area (Å²) in [5, 5.41) is 0. The van der Waals surface area contributed by atoms with Gasteiger partial charge in [-0.2, -0.15) is 0 Å². The molecule has 0 saturated heterocycles. The highest BCUT2D eigenvalue weighted by Gasteiger charge is 2.10. The topological polar surface area (TPSA) is 43.1 Å². The number of anilines is 1. The molecule has 0 amide bonds. The molecule has 0 radical (unpaired) electrons. The van der Waals surface area contributed by atoms with Crippen LogP contribution in [0.15, 0.2) is 46.9 Å². The summed E-state index contributed by atoms with van der Waals surface area (Å²) in [6, 6.07) is 11.0. The van der Waals surface area contributed by atoms with E-state index in [1.54, 1.807) is 30.3 Å². The second kappa shape index (κ2) is 5.31. The van der Waals surface area contributed by atoms with Crippen LogP contribution in [-0.4, -0.2) is 5.78 Å². The van der Waals surface area contributed by atoms with Crippen molar-refractivity contribution < 1.29 is 9.18 Å². The van der Waals surface area contributed by atoms with Crippen LogP contribution in [0.2, 0.25) is 0 Å². The van der Waals surface area contributed by atoms with E-state index in [-0.39, 0.29) is 18.0 Å². The number of hydrogen-bond donors (Lipinski definition) is 1. The van der Waals surface area contributed by atoms with Gasteiger partial charge in [-0.05, 0) is 48.0 Å². The molecular formula is C14H11BrFNO. The average molecular weight is 308 g/mol. The highest BCUT2D eigenvalue weighted by molar-refractivity contribution is 9.10. The number of benzene rings is 2. The van der Waals surface area contributed by atoms with Crippen LogP contribution in [0.3, 0.4) is 0 Å². The van der Waals surface area contributed by atoms with Gasteiger partial charge in [0.15, 0.2) is 5.78 Å². The smallest absolute Gasteiger partial charge is 0.167 e. The minimum absolute atomic E-state index is 0.0682. The largest absolute Gasteiger partial charge is 0.399 e. The Morgan fingerprint density at radius 3 is 2.50 bits per heavy atom. The Balaban J connectivity index is 2.21. The summed E-state index contributed by atoms with van der Waals surface area (Å²) in [5.74, 6) is -0.417. The molecule has 0 fully saturated rings. The molecule has 2 aromatic rings. The standard InChI is InChI=1S/C14H11BrFNO/c15-13-6-3-11(16)7-10(13)8-14(18)9-1-4-12(17)5-2-9/h1-7H,8,17H2. The zero-order chi connectivity index (χ0) is 13.1. The number of carbonyl (C=O) groups is 1. The number of hydrogen-bond acceptors (Lipinski definition) is 2. The SMILES string of the molecule is Nc1ccc(C(=O)Cc2cc(F)ccc2Br)cc1. The number of nitrogens with two attached hydrogens (primary N) is 1. The highest BCUT2D eigenvalue weighted by Crippen LogP contribution is 2.20. The molecule has 2 N–H and O–H groups in total. The van der Waals surface area contributed by atoms with Crippen molar-refractivity contribution in [2.75, 3.05) is 5.73 Å². The summed E-state index contributed by atoms with van der Waals surface area (Å²) in [7, 11) is 0. The highest BCUT2D eigenvalue weighted by atomic mass is 79.9. The predicted molar refractivity (Wildman–Crippen MR) is 73.0 cm³/mol. The molecule has 2 rings (SSSR count). The third-order valence-corrected chi connectivity index (χ3v) is 3.37. The molecule has 0 unspecified atom stereocenters. The van der Waals surface area contributed by atoms with Crippen LogP contribution >= 0.6 is 15.9 Å². The first-order chi connectivity index (χ1) is 8.56. The van der Waals surface area contributed by atoms with E-state index < -0.39 is 0 Å². The van der Waals surface area contributed by atoms with Crippen molar-refractivity contribution in [2.45, 2.75) is 6.42 Å². The van der Waals surface area contributed by atoms with Gasteiger partial charge in [0.05, 0.1) is 0 Å². The van der Waals surface area contributed by atoms with E-state index in [0.717, 1.165) is 4.47 Å². The Bertz CT molecular complexity index is 581. The molecule has 0 spiro atoms. The van der Waals surface area contributed by atoms with Gasteiger partial charge in [0.2, 0.25) is 0 Å². The van der Waals surface area contributed by atoms with Gasteiger partial charge in [0.25, 0.3) is 0 Å². The quantitative estimate of drug-likeness (QED) is 0.695. The Morgan fingerprint density at radius 1 is 1.17 bits per heavy atom. The Morgan fingerprint density at radius 2 is 1.83 bits per heavy atom. The van der Waals surface area contributed by atoms with Crippen LogP contribution in [0.5, 0.6) is 0 Å². The Labute approximate surface area is 113 Å². The number of rotatable bonds is 3. The van der Waals surface area contributed by atoms with Crippen molar-refractivity contribution >= 4 is 27.4 Å². The number of Topliss-reactive ketones (excluding diaryl/α,β-unsaturated/α-hetero) is 1. The normalized spacial score (nSPS) is 10.3. The van der Waals surface area contributed by atoms with Crippen molar-refractivity contribution in [3.8, 4) is 0 Å². The van der Waals surface area contributed by atoms with E-state index in [9.17, 15) is 9.18 Å². The molecule has 0 aliphatic rings. The van der Waals surface area contributed by atoms with Gasteiger partial charge in [-0.3, -0.25) is 4.79 Å². The molecular weight excluding hydrogens is 297 g/mol. The molecule has 0 saturated carbocycles. The van der Waals surface area contributed by atoms with Crippen molar-refractivity contribution in [1.29, 1.82) is 0 Å². The summed E-state index contributed by atoms with van der Waals surface area (Å²) in [5.41, 5.74) is 7.37. The fourth-order valence-corrected chi connectivity index (χ4v) is 2.01. The third-order valence-electron chi connectivity index (χ3n) is 2.59. The van der Waals surface area contributed by atoms with Gasteiger partial charge in [-0.1, -0.05) is 15.9 Å². The second-order valence-corrected chi connectivity index (χ2v) is 4.81. The molecule has 92 valence electrons. The lowest BCUT2D eigenvalue weighted by Crippen LogP contribution is -2.04. The molecule has 0 heterocycles. The molecule has 0 aliphatic carbocycles. The number of carbonyl (C=O) groups excluding carboxylic acids is 1. The summed E-state index contributed by atoms with van der Waals surface area (Å²) in [6.07, 6.45) is 0.155. The van der Waals surface area contributed by atoms with Crippen LogP contribution in [0, 0.1) is 5.82 Å². The fraction of sp³-hybridized carbons (Fsp3) is 0.0714. The summed E-state index contributed by atoms with van der Waals surface area (Å²) in [4.78, 5) is 12.0. The first-order valence-electron chi connectivity index (χ1n) is 5.39.